The van der Waals surface area contributed by atoms with Gasteiger partial charge in [0.2, 0.25) is 0 Å². The van der Waals surface area contributed by atoms with Gasteiger partial charge in [-0.2, -0.15) is 0 Å². The third kappa shape index (κ3) is 14.2. The van der Waals surface area contributed by atoms with Crippen LogP contribution in [0.4, 0.5) is 11.4 Å². The maximum atomic E-state index is 5.71. The highest BCUT2D eigenvalue weighted by molar-refractivity contribution is 6.10. The second-order valence-corrected chi connectivity index (χ2v) is 22.4. The lowest BCUT2D eigenvalue weighted by Gasteiger charge is -2.29. The first kappa shape index (κ1) is 62.1. The minimum Gasteiger partial charge on any atom is -0.497 e. The number of hydrogen-bond acceptors (Lipinski definition) is 10. The lowest BCUT2D eigenvalue weighted by molar-refractivity contribution is 0.414. The highest BCUT2D eigenvalue weighted by Crippen LogP contribution is 2.41. The molecule has 0 fully saturated rings. The standard InChI is InChI=1S/C80H79N3O8/c1-10-11-48-83-79-46-28-63(81(51-75(55-12-30-65(84-2)31-13-55)56-14-32-66(85-3)33-15-56)52-76(57-16-34-67(86-4)35-17-57)58-18-36-68(87-5)37-19-58)49-73(79)74-50-64(29-47-80(74)83)82(53-77(59-20-38-69(88-6)39-21-59)60-22-40-70(89-7)41-23-60)54-78(61-24-42-71(90-8)43-25-61)62-26-44-72(91-9)45-27-62/h12-47,49-51,53,76,78H,10-11,48,52,54H2,1-9H3. The number of rotatable bonds is 27. The van der Waals surface area contributed by atoms with Crippen molar-refractivity contribution in [2.75, 3.05) is 79.8 Å². The van der Waals surface area contributed by atoms with Gasteiger partial charge in [-0.25, -0.2) is 0 Å². The SMILES string of the molecule is CCCCn1c2ccc(N(C=C(c3ccc(OC)cc3)c3ccc(OC)cc3)CC(c3ccc(OC)cc3)c3ccc(OC)cc3)cc2c2cc(N(C=C(c3ccc(OC)cc3)c3ccc(OC)cc3)CC(c3ccc(OC)cc3)c3ccc(OC)cc3)ccc21. The van der Waals surface area contributed by atoms with E-state index in [1.165, 1.54) is 0 Å². The molecule has 11 aromatic rings. The quantitative estimate of drug-likeness (QED) is 0.0496. The number of hydrogen-bond donors (Lipinski definition) is 0. The van der Waals surface area contributed by atoms with Gasteiger partial charge in [-0.15, -0.1) is 0 Å². The third-order valence-electron chi connectivity index (χ3n) is 17.2. The van der Waals surface area contributed by atoms with E-state index in [4.69, 9.17) is 37.9 Å². The topological polar surface area (TPSA) is 85.3 Å². The molecule has 0 saturated carbocycles. The predicted molar refractivity (Wildman–Crippen MR) is 371 cm³/mol. The van der Waals surface area contributed by atoms with Gasteiger partial charge in [-0.05, 0) is 184 Å². The van der Waals surface area contributed by atoms with E-state index in [0.29, 0.717) is 13.1 Å². The van der Waals surface area contributed by atoms with Crippen molar-refractivity contribution in [1.82, 2.24) is 4.57 Å². The molecule has 0 atom stereocenters. The minimum absolute atomic E-state index is 0.107. The van der Waals surface area contributed by atoms with Crippen molar-refractivity contribution in [3.05, 3.63) is 287 Å². The summed E-state index contributed by atoms with van der Waals surface area (Å²) in [7, 11) is 13.6. The van der Waals surface area contributed by atoms with Gasteiger partial charge in [-0.3, -0.25) is 0 Å². The van der Waals surface area contributed by atoms with Crippen molar-refractivity contribution in [3.63, 3.8) is 0 Å². The first-order valence-corrected chi connectivity index (χ1v) is 30.8. The molecule has 0 N–H and O–H groups in total. The maximum Gasteiger partial charge on any atom is 0.118 e. The van der Waals surface area contributed by atoms with E-state index in [2.05, 4.69) is 167 Å². The number of fused-ring (bicyclic) bond motifs is 3. The van der Waals surface area contributed by atoms with Crippen molar-refractivity contribution in [1.29, 1.82) is 0 Å². The normalized spacial score (nSPS) is 11.1. The molecule has 0 aliphatic carbocycles. The van der Waals surface area contributed by atoms with Crippen molar-refractivity contribution in [2.24, 2.45) is 0 Å². The molecule has 0 saturated heterocycles. The Kier molecular flexibility index (Phi) is 19.9. The van der Waals surface area contributed by atoms with Crippen LogP contribution in [-0.2, 0) is 6.54 Å². The summed E-state index contributed by atoms with van der Waals surface area (Å²) in [6.07, 6.45) is 6.70. The second-order valence-electron chi connectivity index (χ2n) is 22.4. The van der Waals surface area contributed by atoms with Crippen molar-refractivity contribution in [2.45, 2.75) is 38.1 Å². The fraction of sp³-hybridized carbons (Fsp3) is 0.200. The zero-order valence-electron chi connectivity index (χ0n) is 53.4. The Labute approximate surface area is 535 Å². The Morgan fingerprint density at radius 3 is 0.802 bits per heavy atom. The Hall–Kier alpha value is -10.5. The summed E-state index contributed by atoms with van der Waals surface area (Å²) in [5, 5.41) is 2.28. The van der Waals surface area contributed by atoms with Crippen molar-refractivity contribution < 1.29 is 37.9 Å². The van der Waals surface area contributed by atoms with Crippen LogP contribution in [0.2, 0.25) is 0 Å². The Morgan fingerprint density at radius 1 is 0.330 bits per heavy atom. The van der Waals surface area contributed by atoms with E-state index in [1.807, 2.05) is 97.1 Å². The third-order valence-corrected chi connectivity index (χ3v) is 17.2. The van der Waals surface area contributed by atoms with E-state index in [0.717, 1.165) is 154 Å². The Balaban J connectivity index is 1.16. The highest BCUT2D eigenvalue weighted by Gasteiger charge is 2.25. The van der Waals surface area contributed by atoms with Crippen LogP contribution in [-0.4, -0.2) is 74.5 Å². The van der Waals surface area contributed by atoms with Crippen LogP contribution >= 0.6 is 0 Å². The molecule has 11 nitrogen and oxygen atoms in total. The van der Waals surface area contributed by atoms with E-state index < -0.39 is 0 Å². The number of methoxy groups -OCH3 is 8. The summed E-state index contributed by atoms with van der Waals surface area (Å²) in [5.41, 5.74) is 15.1. The van der Waals surface area contributed by atoms with Gasteiger partial charge in [0.05, 0.1) is 56.9 Å². The van der Waals surface area contributed by atoms with Crippen LogP contribution in [0.5, 0.6) is 46.0 Å². The van der Waals surface area contributed by atoms with Crippen molar-refractivity contribution in [3.8, 4) is 46.0 Å². The molecule has 0 aliphatic rings. The molecule has 462 valence electrons. The number of aromatic nitrogens is 1. The molecule has 0 aliphatic heterocycles. The predicted octanol–water partition coefficient (Wildman–Crippen LogP) is 18.1. The van der Waals surface area contributed by atoms with Gasteiger partial charge in [0.15, 0.2) is 0 Å². The fourth-order valence-corrected chi connectivity index (χ4v) is 12.0. The number of aryl methyl sites for hydroxylation is 1. The van der Waals surface area contributed by atoms with Gasteiger partial charge >= 0.3 is 0 Å². The molecule has 0 bridgehead atoms. The number of nitrogens with zero attached hydrogens (tertiary/aromatic N) is 3. The van der Waals surface area contributed by atoms with Gasteiger partial charge in [0, 0.05) is 88.2 Å². The fourth-order valence-electron chi connectivity index (χ4n) is 12.0. The Bertz CT molecular complexity index is 3750. The zero-order chi connectivity index (χ0) is 63.2. The lowest BCUT2D eigenvalue weighted by Crippen LogP contribution is -2.25. The summed E-state index contributed by atoms with van der Waals surface area (Å²) in [6.45, 7) is 4.25. The van der Waals surface area contributed by atoms with Crippen LogP contribution in [0.25, 0.3) is 33.0 Å². The highest BCUT2D eigenvalue weighted by atomic mass is 16.5. The number of ether oxygens (including phenoxy) is 8. The molecular formula is C80H79N3O8. The average molecular weight is 1210 g/mol. The monoisotopic (exact) mass is 1210 g/mol. The largest absolute Gasteiger partial charge is 0.497 e. The van der Waals surface area contributed by atoms with Gasteiger partial charge in [0.25, 0.3) is 0 Å². The number of unbranched alkanes of at least 4 members (excludes halogenated alkanes) is 1. The van der Waals surface area contributed by atoms with Gasteiger partial charge in [0.1, 0.15) is 46.0 Å². The van der Waals surface area contributed by atoms with Crippen molar-refractivity contribution >= 4 is 44.3 Å². The first-order chi connectivity index (χ1) is 44.6. The van der Waals surface area contributed by atoms with Crippen LogP contribution in [0.1, 0.15) is 76.1 Å². The number of anilines is 2. The first-order valence-electron chi connectivity index (χ1n) is 30.8. The maximum absolute atomic E-state index is 5.71. The molecule has 1 aromatic heterocycles. The zero-order valence-corrected chi connectivity index (χ0v) is 53.4. The molecular weight excluding hydrogens is 1130 g/mol. The molecule has 1 heterocycles. The van der Waals surface area contributed by atoms with E-state index >= 15 is 0 Å². The summed E-state index contributed by atoms with van der Waals surface area (Å²) < 4.78 is 48.2. The molecule has 11 heteroatoms. The van der Waals surface area contributed by atoms with E-state index in [-0.39, 0.29) is 11.8 Å². The van der Waals surface area contributed by atoms with E-state index in [1.54, 1.807) is 56.9 Å². The minimum atomic E-state index is -0.107. The Morgan fingerprint density at radius 2 is 0.571 bits per heavy atom. The van der Waals surface area contributed by atoms with Crippen LogP contribution < -0.4 is 47.7 Å². The van der Waals surface area contributed by atoms with Gasteiger partial charge in [-0.1, -0.05) is 110 Å². The molecule has 0 unspecified atom stereocenters. The summed E-state index contributed by atoms with van der Waals surface area (Å²) >= 11 is 0. The molecule has 91 heavy (non-hydrogen) atoms. The van der Waals surface area contributed by atoms with Crippen LogP contribution in [0.15, 0.2) is 243 Å². The summed E-state index contributed by atoms with van der Waals surface area (Å²) in [5.74, 6) is 6.08. The molecule has 11 rings (SSSR count). The van der Waals surface area contributed by atoms with E-state index in [9.17, 15) is 0 Å². The van der Waals surface area contributed by atoms with Crippen LogP contribution in [0, 0.1) is 0 Å². The average Bonchev–Trinajstić information content (AvgIpc) is 1.66. The molecule has 0 amide bonds. The number of benzene rings is 10. The smallest absolute Gasteiger partial charge is 0.118 e. The lowest BCUT2D eigenvalue weighted by atomic mass is 9.90. The summed E-state index contributed by atoms with van der Waals surface area (Å²) in [4.78, 5) is 4.86. The van der Waals surface area contributed by atoms with Crippen LogP contribution in [0.3, 0.4) is 0 Å². The molecule has 10 aromatic carbocycles. The van der Waals surface area contributed by atoms with Gasteiger partial charge < -0.3 is 52.3 Å². The molecule has 0 radical (unpaired) electrons. The molecule has 0 spiro atoms. The summed E-state index contributed by atoms with van der Waals surface area (Å²) in [6, 6.07) is 81.1. The second kappa shape index (κ2) is 29.2.